The topological polar surface area (TPSA) is 88.2 Å². The van der Waals surface area contributed by atoms with Gasteiger partial charge in [0.05, 0.1) is 25.0 Å². The molecule has 2 aromatic heterocycles. The van der Waals surface area contributed by atoms with Gasteiger partial charge in [-0.2, -0.15) is 0 Å². The summed E-state index contributed by atoms with van der Waals surface area (Å²) in [5.74, 6) is -0.218. The van der Waals surface area contributed by atoms with E-state index in [2.05, 4.69) is 15.0 Å². The summed E-state index contributed by atoms with van der Waals surface area (Å²) >= 11 is 0. The molecule has 0 bridgehead atoms. The molecule has 0 saturated carbocycles. The zero-order valence-electron chi connectivity index (χ0n) is 11.2. The number of carbonyl (C=O) groups excluding carboxylic acids is 1. The van der Waals surface area contributed by atoms with Crippen LogP contribution in [0.25, 0.3) is 0 Å². The summed E-state index contributed by atoms with van der Waals surface area (Å²) in [7, 11) is 0. The van der Waals surface area contributed by atoms with Crippen molar-refractivity contribution in [3.63, 3.8) is 0 Å². The van der Waals surface area contributed by atoms with Gasteiger partial charge in [-0.1, -0.05) is 6.07 Å². The van der Waals surface area contributed by atoms with E-state index in [4.69, 9.17) is 4.74 Å². The minimum absolute atomic E-state index is 0.218. The number of aromatic amines is 1. The number of rotatable bonds is 2. The molecule has 1 amide bonds. The molecule has 0 aliphatic carbocycles. The average Bonchev–Trinajstić information content (AvgIpc) is 2.55. The van der Waals surface area contributed by atoms with E-state index >= 15 is 0 Å². The van der Waals surface area contributed by atoms with E-state index in [9.17, 15) is 9.59 Å². The van der Waals surface area contributed by atoms with Gasteiger partial charge in [0.25, 0.3) is 5.91 Å². The third kappa shape index (κ3) is 2.97. The molecule has 108 valence electrons. The molecular weight excluding hydrogens is 272 g/mol. The summed E-state index contributed by atoms with van der Waals surface area (Å²) in [6.45, 7) is 1.28. The van der Waals surface area contributed by atoms with Gasteiger partial charge in [0.15, 0.2) is 0 Å². The van der Waals surface area contributed by atoms with Crippen LogP contribution < -0.4 is 5.56 Å². The van der Waals surface area contributed by atoms with Crippen LogP contribution in [0.1, 0.15) is 22.3 Å². The number of amides is 1. The van der Waals surface area contributed by atoms with E-state index in [0.717, 1.165) is 0 Å². The van der Waals surface area contributed by atoms with Crippen LogP contribution in [0.5, 0.6) is 0 Å². The second kappa shape index (κ2) is 5.84. The summed E-state index contributed by atoms with van der Waals surface area (Å²) < 4.78 is 5.64. The molecular formula is C14H14N4O3. The molecule has 1 aliphatic rings. The van der Waals surface area contributed by atoms with Crippen molar-refractivity contribution >= 4 is 5.91 Å². The Morgan fingerprint density at radius 3 is 3.05 bits per heavy atom. The number of hydrogen-bond donors (Lipinski definition) is 1. The molecule has 1 atom stereocenters. The van der Waals surface area contributed by atoms with Crippen LogP contribution in [-0.2, 0) is 4.74 Å². The molecule has 3 rings (SSSR count). The molecule has 7 nitrogen and oxygen atoms in total. The highest BCUT2D eigenvalue weighted by Gasteiger charge is 2.27. The average molecular weight is 286 g/mol. The predicted octanol–water partition coefficient (Wildman–Crippen LogP) is 0.379. The Hall–Kier alpha value is -2.54. The number of carbonyl (C=O) groups is 1. The van der Waals surface area contributed by atoms with E-state index < -0.39 is 0 Å². The van der Waals surface area contributed by atoms with Crippen LogP contribution in [0.3, 0.4) is 0 Å². The maximum absolute atomic E-state index is 12.4. The summed E-state index contributed by atoms with van der Waals surface area (Å²) in [4.78, 5) is 36.1. The van der Waals surface area contributed by atoms with E-state index in [1.54, 1.807) is 35.6 Å². The van der Waals surface area contributed by atoms with Gasteiger partial charge in [0.2, 0.25) is 5.56 Å². The lowest BCUT2D eigenvalue weighted by molar-refractivity contribution is -0.0250. The number of H-pyrrole nitrogens is 1. The molecule has 3 heterocycles. The second-order valence-corrected chi connectivity index (χ2v) is 4.67. The maximum Gasteiger partial charge on any atom is 0.270 e. The van der Waals surface area contributed by atoms with E-state index in [1.165, 1.54) is 6.07 Å². The van der Waals surface area contributed by atoms with Crippen LogP contribution in [0.2, 0.25) is 0 Å². The van der Waals surface area contributed by atoms with Crippen LogP contribution in [0, 0.1) is 0 Å². The highest BCUT2D eigenvalue weighted by atomic mass is 16.5. The number of nitrogens with one attached hydrogen (secondary N) is 1. The Balaban J connectivity index is 1.77. The van der Waals surface area contributed by atoms with Crippen LogP contribution in [-0.4, -0.2) is 45.5 Å². The van der Waals surface area contributed by atoms with E-state index in [-0.39, 0.29) is 23.3 Å². The first-order valence-electron chi connectivity index (χ1n) is 6.60. The summed E-state index contributed by atoms with van der Waals surface area (Å²) in [5, 5.41) is 0. The number of aromatic nitrogens is 3. The lowest BCUT2D eigenvalue weighted by Gasteiger charge is -2.32. The van der Waals surface area contributed by atoms with Crippen molar-refractivity contribution in [3.05, 3.63) is 58.5 Å². The van der Waals surface area contributed by atoms with Gasteiger partial charge >= 0.3 is 0 Å². The zero-order chi connectivity index (χ0) is 14.7. The quantitative estimate of drug-likeness (QED) is 0.862. The first-order chi connectivity index (χ1) is 10.2. The standard InChI is InChI=1S/C14H14N4O3/c19-13-3-1-2-10(17-13)14(20)18-6-7-21-12(9-18)11-8-15-4-5-16-11/h1-5,8,12H,6-7,9H2,(H,17,19). The van der Waals surface area contributed by atoms with Crippen molar-refractivity contribution in [2.24, 2.45) is 0 Å². The number of nitrogens with zero attached hydrogens (tertiary/aromatic N) is 3. The van der Waals surface area contributed by atoms with E-state index in [0.29, 0.717) is 25.4 Å². The van der Waals surface area contributed by atoms with Gasteiger partial charge in [0.1, 0.15) is 11.8 Å². The van der Waals surface area contributed by atoms with Crippen molar-refractivity contribution in [2.45, 2.75) is 6.10 Å². The Labute approximate surface area is 120 Å². The van der Waals surface area contributed by atoms with Crippen LogP contribution >= 0.6 is 0 Å². The molecule has 7 heteroatoms. The highest BCUT2D eigenvalue weighted by molar-refractivity contribution is 5.92. The molecule has 1 unspecified atom stereocenters. The lowest BCUT2D eigenvalue weighted by Crippen LogP contribution is -2.43. The fraction of sp³-hybridized carbons (Fsp3) is 0.286. The fourth-order valence-corrected chi connectivity index (χ4v) is 2.23. The van der Waals surface area contributed by atoms with Gasteiger partial charge in [-0.25, -0.2) is 0 Å². The number of morpholine rings is 1. The minimum atomic E-state index is -0.299. The van der Waals surface area contributed by atoms with Gasteiger partial charge in [0, 0.05) is 25.0 Å². The normalized spacial score (nSPS) is 18.5. The monoisotopic (exact) mass is 286 g/mol. The first-order valence-corrected chi connectivity index (χ1v) is 6.60. The Kier molecular flexibility index (Phi) is 3.74. The summed E-state index contributed by atoms with van der Waals surface area (Å²) in [6, 6.07) is 4.53. The Morgan fingerprint density at radius 2 is 2.29 bits per heavy atom. The first kappa shape index (κ1) is 13.4. The smallest absolute Gasteiger partial charge is 0.270 e. The summed E-state index contributed by atoms with van der Waals surface area (Å²) in [6.07, 6.45) is 4.51. The SMILES string of the molecule is O=C(c1cccc(=O)[nH]1)N1CCOC(c2cnccn2)C1. The third-order valence-corrected chi connectivity index (χ3v) is 3.27. The van der Waals surface area contributed by atoms with Crippen molar-refractivity contribution < 1.29 is 9.53 Å². The van der Waals surface area contributed by atoms with Gasteiger partial charge in [-0.05, 0) is 6.07 Å². The fourth-order valence-electron chi connectivity index (χ4n) is 2.23. The molecule has 1 saturated heterocycles. The molecule has 0 radical (unpaired) electrons. The third-order valence-electron chi connectivity index (χ3n) is 3.27. The molecule has 21 heavy (non-hydrogen) atoms. The lowest BCUT2D eigenvalue weighted by atomic mass is 10.2. The zero-order valence-corrected chi connectivity index (χ0v) is 11.2. The van der Waals surface area contributed by atoms with Crippen molar-refractivity contribution in [3.8, 4) is 0 Å². The van der Waals surface area contributed by atoms with Gasteiger partial charge < -0.3 is 14.6 Å². The Morgan fingerprint density at radius 1 is 1.38 bits per heavy atom. The maximum atomic E-state index is 12.4. The van der Waals surface area contributed by atoms with Crippen molar-refractivity contribution in [1.29, 1.82) is 0 Å². The highest BCUT2D eigenvalue weighted by Crippen LogP contribution is 2.20. The van der Waals surface area contributed by atoms with Crippen molar-refractivity contribution in [1.82, 2.24) is 19.9 Å². The van der Waals surface area contributed by atoms with Crippen LogP contribution in [0.15, 0.2) is 41.6 Å². The predicted molar refractivity (Wildman–Crippen MR) is 73.7 cm³/mol. The van der Waals surface area contributed by atoms with Gasteiger partial charge in [-0.3, -0.25) is 19.6 Å². The molecule has 0 aromatic carbocycles. The number of ether oxygens (including phenoxy) is 1. The largest absolute Gasteiger partial charge is 0.368 e. The summed E-state index contributed by atoms with van der Waals surface area (Å²) in [5.41, 5.74) is 0.679. The minimum Gasteiger partial charge on any atom is -0.368 e. The van der Waals surface area contributed by atoms with Gasteiger partial charge in [-0.15, -0.1) is 0 Å². The molecule has 1 aliphatic heterocycles. The Bertz CT molecular complexity index is 686. The molecule has 2 aromatic rings. The van der Waals surface area contributed by atoms with Crippen LogP contribution in [0.4, 0.5) is 0 Å². The number of pyridine rings is 1. The number of hydrogen-bond acceptors (Lipinski definition) is 5. The molecule has 0 spiro atoms. The second-order valence-electron chi connectivity index (χ2n) is 4.67. The van der Waals surface area contributed by atoms with E-state index in [1.807, 2.05) is 0 Å². The molecule has 1 N–H and O–H groups in total. The molecule has 1 fully saturated rings. The van der Waals surface area contributed by atoms with Crippen molar-refractivity contribution in [2.75, 3.05) is 19.7 Å².